The summed E-state index contributed by atoms with van der Waals surface area (Å²) in [6.07, 6.45) is 1.22. The molecule has 1 heterocycles. The highest BCUT2D eigenvalue weighted by Crippen LogP contribution is 2.57. The molecule has 8 heteroatoms. The van der Waals surface area contributed by atoms with Crippen molar-refractivity contribution in [3.8, 4) is 23.0 Å². The molecule has 0 saturated heterocycles. The van der Waals surface area contributed by atoms with Crippen molar-refractivity contribution in [3.63, 3.8) is 0 Å². The zero-order chi connectivity index (χ0) is 27.4. The van der Waals surface area contributed by atoms with Crippen LogP contribution in [0.5, 0.6) is 23.0 Å². The lowest BCUT2D eigenvalue weighted by atomic mass is 9.70. The van der Waals surface area contributed by atoms with Gasteiger partial charge in [0.2, 0.25) is 0 Å². The number of rotatable bonds is 6. The van der Waals surface area contributed by atoms with Crippen LogP contribution in [0.1, 0.15) is 67.7 Å². The number of benzene rings is 2. The predicted molar refractivity (Wildman–Crippen MR) is 137 cm³/mol. The number of hydrogen-bond donors (Lipinski definition) is 3. The second-order valence-corrected chi connectivity index (χ2v) is 10.0. The molecule has 2 aromatic rings. The number of fused-ring (bicyclic) bond motifs is 3. The second-order valence-electron chi connectivity index (χ2n) is 10.0. The molecule has 0 saturated carbocycles. The number of phenols is 2. The molecule has 1 aliphatic carbocycles. The number of allylic oxidation sites excluding steroid dienone is 4. The maximum absolute atomic E-state index is 14.0. The standard InChI is InChI=1S/C29H31NO7/c1-13(2)24(17-8-10-18(36-7)11-9-17)30-15(4)21-19(32)12-20-29(6,28(21)35)23-26(34)14(3)25(33)22(16(5)31)27(23)37-20/h8-13,24,30,33-34H,1-7H3/b21-15+/t24-,29+/m1/s1. The van der Waals surface area contributed by atoms with Crippen molar-refractivity contribution in [2.45, 2.75) is 53.0 Å². The molecule has 0 bridgehead atoms. The maximum atomic E-state index is 14.0. The highest BCUT2D eigenvalue weighted by Gasteiger charge is 2.56. The fourth-order valence-electron chi connectivity index (χ4n) is 5.11. The largest absolute Gasteiger partial charge is 0.507 e. The Morgan fingerprint density at radius 2 is 1.70 bits per heavy atom. The number of aromatic hydroxyl groups is 2. The summed E-state index contributed by atoms with van der Waals surface area (Å²) in [5.41, 5.74) is -0.285. The molecule has 3 N–H and O–H groups in total. The third-order valence-corrected chi connectivity index (χ3v) is 7.27. The third kappa shape index (κ3) is 3.87. The summed E-state index contributed by atoms with van der Waals surface area (Å²) in [5.74, 6) is -1.64. The van der Waals surface area contributed by atoms with Gasteiger partial charge in [-0.05, 0) is 51.3 Å². The van der Waals surface area contributed by atoms with Crippen LogP contribution in [0.15, 0.2) is 47.4 Å². The maximum Gasteiger partial charge on any atom is 0.194 e. The van der Waals surface area contributed by atoms with Gasteiger partial charge in [0.1, 0.15) is 39.7 Å². The molecule has 8 nitrogen and oxygen atoms in total. The quantitative estimate of drug-likeness (QED) is 0.297. The molecular weight excluding hydrogens is 474 g/mol. The number of methoxy groups -OCH3 is 1. The van der Waals surface area contributed by atoms with E-state index in [0.29, 0.717) is 5.70 Å². The molecule has 1 aliphatic heterocycles. The van der Waals surface area contributed by atoms with E-state index in [2.05, 4.69) is 5.32 Å². The Balaban J connectivity index is 1.84. The van der Waals surface area contributed by atoms with Crippen molar-refractivity contribution in [2.24, 2.45) is 5.92 Å². The number of carbonyl (C=O) groups is 3. The van der Waals surface area contributed by atoms with E-state index in [1.54, 1.807) is 21.0 Å². The molecule has 2 aliphatic rings. The molecule has 0 radical (unpaired) electrons. The van der Waals surface area contributed by atoms with Gasteiger partial charge in [0.05, 0.1) is 24.3 Å². The third-order valence-electron chi connectivity index (χ3n) is 7.27. The van der Waals surface area contributed by atoms with Crippen molar-refractivity contribution in [2.75, 3.05) is 7.11 Å². The van der Waals surface area contributed by atoms with Crippen molar-refractivity contribution in [1.82, 2.24) is 5.32 Å². The highest BCUT2D eigenvalue weighted by molar-refractivity contribution is 6.31. The number of ether oxygens (including phenoxy) is 2. The first-order valence-electron chi connectivity index (χ1n) is 12.0. The lowest BCUT2D eigenvalue weighted by Gasteiger charge is -2.31. The van der Waals surface area contributed by atoms with Crippen LogP contribution in [-0.2, 0) is 15.0 Å². The number of carbonyl (C=O) groups excluding carboxylic acids is 3. The average molecular weight is 506 g/mol. The minimum atomic E-state index is -1.55. The number of ketones is 3. The zero-order valence-electron chi connectivity index (χ0n) is 22.0. The van der Waals surface area contributed by atoms with E-state index in [0.717, 1.165) is 11.3 Å². The van der Waals surface area contributed by atoms with E-state index in [1.807, 2.05) is 38.1 Å². The molecule has 4 rings (SSSR count). The average Bonchev–Trinajstić information content (AvgIpc) is 3.13. The Labute approximate surface area is 215 Å². The minimum Gasteiger partial charge on any atom is -0.507 e. The summed E-state index contributed by atoms with van der Waals surface area (Å²) < 4.78 is 11.1. The van der Waals surface area contributed by atoms with Gasteiger partial charge in [0.25, 0.3) is 0 Å². The van der Waals surface area contributed by atoms with Crippen LogP contribution in [0.3, 0.4) is 0 Å². The van der Waals surface area contributed by atoms with Crippen LogP contribution in [-0.4, -0.2) is 34.7 Å². The van der Waals surface area contributed by atoms with Crippen LogP contribution in [0.2, 0.25) is 0 Å². The predicted octanol–water partition coefficient (Wildman–Crippen LogP) is 4.56. The Hall–Kier alpha value is -4.07. The van der Waals surface area contributed by atoms with Crippen LogP contribution < -0.4 is 14.8 Å². The van der Waals surface area contributed by atoms with E-state index in [-0.39, 0.29) is 51.5 Å². The number of nitrogens with one attached hydrogen (secondary N) is 1. The first-order valence-corrected chi connectivity index (χ1v) is 12.0. The number of hydrogen-bond acceptors (Lipinski definition) is 8. The summed E-state index contributed by atoms with van der Waals surface area (Å²) in [6.45, 7) is 9.99. The van der Waals surface area contributed by atoms with Gasteiger partial charge in [0, 0.05) is 17.3 Å². The van der Waals surface area contributed by atoms with Gasteiger partial charge >= 0.3 is 0 Å². The Morgan fingerprint density at radius 3 is 2.24 bits per heavy atom. The van der Waals surface area contributed by atoms with Crippen LogP contribution >= 0.6 is 0 Å². The highest BCUT2D eigenvalue weighted by atomic mass is 16.5. The van der Waals surface area contributed by atoms with E-state index >= 15 is 0 Å². The summed E-state index contributed by atoms with van der Waals surface area (Å²) in [5, 5.41) is 24.8. The summed E-state index contributed by atoms with van der Waals surface area (Å²) in [6, 6.07) is 7.34. The minimum absolute atomic E-state index is 0.00686. The van der Waals surface area contributed by atoms with Crippen molar-refractivity contribution >= 4 is 17.3 Å². The van der Waals surface area contributed by atoms with E-state index < -0.39 is 28.5 Å². The van der Waals surface area contributed by atoms with E-state index in [4.69, 9.17) is 9.47 Å². The molecule has 37 heavy (non-hydrogen) atoms. The summed E-state index contributed by atoms with van der Waals surface area (Å²) in [7, 11) is 1.59. The molecule has 2 atom stereocenters. The van der Waals surface area contributed by atoms with Crippen molar-refractivity contribution in [1.29, 1.82) is 0 Å². The second kappa shape index (κ2) is 9.10. The van der Waals surface area contributed by atoms with Crippen molar-refractivity contribution in [3.05, 3.63) is 69.6 Å². The molecular formula is C29H31NO7. The van der Waals surface area contributed by atoms with E-state index in [9.17, 15) is 24.6 Å². The zero-order valence-corrected chi connectivity index (χ0v) is 22.0. The Bertz CT molecular complexity index is 1400. The van der Waals surface area contributed by atoms with Crippen LogP contribution in [0, 0.1) is 12.8 Å². The Morgan fingerprint density at radius 1 is 1.08 bits per heavy atom. The first-order chi connectivity index (χ1) is 17.3. The van der Waals surface area contributed by atoms with Crippen LogP contribution in [0.25, 0.3) is 0 Å². The van der Waals surface area contributed by atoms with Gasteiger partial charge in [0.15, 0.2) is 17.3 Å². The smallest absolute Gasteiger partial charge is 0.194 e. The van der Waals surface area contributed by atoms with Gasteiger partial charge in [-0.1, -0.05) is 26.0 Å². The van der Waals surface area contributed by atoms with Gasteiger partial charge in [-0.25, -0.2) is 0 Å². The lowest BCUT2D eigenvalue weighted by molar-refractivity contribution is -0.123. The lowest BCUT2D eigenvalue weighted by Crippen LogP contribution is -2.41. The van der Waals surface area contributed by atoms with Gasteiger partial charge in [-0.15, -0.1) is 0 Å². The monoisotopic (exact) mass is 505 g/mol. The fraction of sp³-hybridized carbons (Fsp3) is 0.345. The fourth-order valence-corrected chi connectivity index (χ4v) is 5.11. The molecule has 0 aromatic heterocycles. The molecule has 0 amide bonds. The van der Waals surface area contributed by atoms with Crippen molar-refractivity contribution < 1.29 is 34.1 Å². The SMILES string of the molecule is COc1ccc([C@H](N/C(C)=C2\C(=O)C=C3Oc4c(C(C)=O)c(O)c(C)c(O)c4[C@@]3(C)C2=O)C(C)C)cc1. The number of Topliss-reactive ketones (excluding diaryl/α,β-unsaturated/α-hetero) is 2. The van der Waals surface area contributed by atoms with E-state index in [1.165, 1.54) is 19.9 Å². The van der Waals surface area contributed by atoms with Gasteiger partial charge < -0.3 is 25.0 Å². The van der Waals surface area contributed by atoms with Crippen LogP contribution in [0.4, 0.5) is 0 Å². The molecule has 0 fully saturated rings. The molecule has 0 unspecified atom stereocenters. The van der Waals surface area contributed by atoms with Gasteiger partial charge in [-0.2, -0.15) is 0 Å². The topological polar surface area (TPSA) is 122 Å². The van der Waals surface area contributed by atoms with Gasteiger partial charge in [-0.3, -0.25) is 14.4 Å². The summed E-state index contributed by atoms with van der Waals surface area (Å²) in [4.78, 5) is 39.6. The molecule has 194 valence electrons. The molecule has 2 aromatic carbocycles. The number of phenolic OH excluding ortho intramolecular Hbond substituents is 2. The summed E-state index contributed by atoms with van der Waals surface area (Å²) >= 11 is 0. The Kier molecular flexibility index (Phi) is 6.40. The first kappa shape index (κ1) is 26.0. The molecule has 0 spiro atoms. The normalized spacial score (nSPS) is 20.6.